The van der Waals surface area contributed by atoms with Crippen molar-refractivity contribution in [3.05, 3.63) is 16.5 Å². The minimum atomic E-state index is 0.581. The summed E-state index contributed by atoms with van der Waals surface area (Å²) in [6.45, 7) is 5.08. The Morgan fingerprint density at radius 3 is 2.76 bits per heavy atom. The van der Waals surface area contributed by atoms with Gasteiger partial charge in [-0.25, -0.2) is 9.97 Å². The Bertz CT molecular complexity index is 388. The van der Waals surface area contributed by atoms with E-state index in [0.29, 0.717) is 5.15 Å². The number of nitrogens with one attached hydrogen (secondary N) is 1. The smallest absolute Gasteiger partial charge is 0.137 e. The van der Waals surface area contributed by atoms with Gasteiger partial charge in [0.25, 0.3) is 0 Å². The molecule has 0 bridgehead atoms. The van der Waals surface area contributed by atoms with Crippen molar-refractivity contribution in [3.8, 4) is 0 Å². The highest BCUT2D eigenvalue weighted by Gasteiger charge is 2.20. The molecule has 17 heavy (non-hydrogen) atoms. The van der Waals surface area contributed by atoms with Gasteiger partial charge in [-0.05, 0) is 25.7 Å². The Kier molecular flexibility index (Phi) is 4.21. The fourth-order valence-corrected chi connectivity index (χ4v) is 2.03. The molecule has 0 amide bonds. The molecule has 0 aliphatic heterocycles. The Labute approximate surface area is 108 Å². The van der Waals surface area contributed by atoms with E-state index in [0.717, 1.165) is 42.5 Å². The predicted molar refractivity (Wildman–Crippen MR) is 71.6 cm³/mol. The number of hydrogen-bond donors (Lipinski definition) is 1. The largest absolute Gasteiger partial charge is 0.370 e. The van der Waals surface area contributed by atoms with Gasteiger partial charge >= 0.3 is 0 Å². The normalized spacial score (nSPS) is 15.0. The third-order valence-corrected chi connectivity index (χ3v) is 3.52. The van der Waals surface area contributed by atoms with Crippen molar-refractivity contribution in [2.45, 2.75) is 46.0 Å². The molecule has 2 rings (SSSR count). The lowest BCUT2D eigenvalue weighted by Gasteiger charge is -2.10. The second-order valence-electron chi connectivity index (χ2n) is 4.81. The molecule has 4 heteroatoms. The highest BCUT2D eigenvalue weighted by molar-refractivity contribution is 6.30. The Morgan fingerprint density at radius 2 is 2.12 bits per heavy atom. The summed E-state index contributed by atoms with van der Waals surface area (Å²) >= 11 is 6.12. The van der Waals surface area contributed by atoms with Crippen LogP contribution in [0.1, 0.15) is 44.0 Å². The topological polar surface area (TPSA) is 37.8 Å². The van der Waals surface area contributed by atoms with E-state index in [4.69, 9.17) is 11.6 Å². The maximum atomic E-state index is 6.12. The lowest BCUT2D eigenvalue weighted by atomic mass is 10.2. The molecule has 0 atom stereocenters. The van der Waals surface area contributed by atoms with E-state index < -0.39 is 0 Å². The first-order valence-corrected chi connectivity index (χ1v) is 6.85. The van der Waals surface area contributed by atoms with Crippen molar-refractivity contribution in [2.75, 3.05) is 11.9 Å². The zero-order valence-corrected chi connectivity index (χ0v) is 11.3. The van der Waals surface area contributed by atoms with Gasteiger partial charge in [-0.15, -0.1) is 0 Å². The van der Waals surface area contributed by atoms with Gasteiger partial charge in [0.2, 0.25) is 0 Å². The minimum absolute atomic E-state index is 0.581. The number of aryl methyl sites for hydroxylation is 1. The van der Waals surface area contributed by atoms with Crippen LogP contribution in [0.4, 0.5) is 5.82 Å². The first-order chi connectivity index (χ1) is 8.20. The van der Waals surface area contributed by atoms with Gasteiger partial charge in [-0.1, -0.05) is 31.4 Å². The molecule has 0 saturated heterocycles. The summed E-state index contributed by atoms with van der Waals surface area (Å²) in [4.78, 5) is 8.83. The number of aromatic nitrogens is 2. The maximum absolute atomic E-state index is 6.12. The quantitative estimate of drug-likeness (QED) is 0.787. The number of nitrogens with zero attached hydrogens (tertiary/aromatic N) is 2. The molecule has 1 aromatic rings. The molecular formula is C13H20ClN3. The average molecular weight is 254 g/mol. The molecule has 0 spiro atoms. The maximum Gasteiger partial charge on any atom is 0.137 e. The molecule has 1 N–H and O–H groups in total. The summed E-state index contributed by atoms with van der Waals surface area (Å²) in [5.74, 6) is 2.70. The van der Waals surface area contributed by atoms with Crippen molar-refractivity contribution >= 4 is 17.4 Å². The van der Waals surface area contributed by atoms with Crippen LogP contribution in [0.2, 0.25) is 5.15 Å². The number of anilines is 1. The molecule has 1 aliphatic carbocycles. The lowest BCUT2D eigenvalue weighted by molar-refractivity contribution is 0.754. The van der Waals surface area contributed by atoms with Crippen LogP contribution in [0.25, 0.3) is 0 Å². The molecular weight excluding hydrogens is 234 g/mol. The van der Waals surface area contributed by atoms with E-state index in [-0.39, 0.29) is 0 Å². The zero-order valence-electron chi connectivity index (χ0n) is 10.6. The monoisotopic (exact) mass is 253 g/mol. The molecule has 1 saturated carbocycles. The van der Waals surface area contributed by atoms with Crippen LogP contribution in [0.5, 0.6) is 0 Å². The van der Waals surface area contributed by atoms with Crippen molar-refractivity contribution < 1.29 is 0 Å². The molecule has 1 fully saturated rings. The summed E-state index contributed by atoms with van der Waals surface area (Å²) < 4.78 is 0. The van der Waals surface area contributed by atoms with Crippen LogP contribution in [-0.4, -0.2) is 16.5 Å². The first-order valence-electron chi connectivity index (χ1n) is 6.47. The Balaban J connectivity index is 2.01. The molecule has 94 valence electrons. The van der Waals surface area contributed by atoms with E-state index in [9.17, 15) is 0 Å². The fraction of sp³-hybridized carbons (Fsp3) is 0.692. The summed E-state index contributed by atoms with van der Waals surface area (Å²) in [6.07, 6.45) is 5.96. The van der Waals surface area contributed by atoms with Gasteiger partial charge in [0.1, 0.15) is 16.8 Å². The van der Waals surface area contributed by atoms with Crippen molar-refractivity contribution in [1.29, 1.82) is 0 Å². The third-order valence-electron chi connectivity index (χ3n) is 3.15. The highest BCUT2D eigenvalue weighted by atomic mass is 35.5. The summed E-state index contributed by atoms with van der Waals surface area (Å²) in [6, 6.07) is 0. The second kappa shape index (κ2) is 5.67. The summed E-state index contributed by atoms with van der Waals surface area (Å²) in [5, 5.41) is 3.97. The van der Waals surface area contributed by atoms with Gasteiger partial charge in [-0.2, -0.15) is 0 Å². The number of rotatable bonds is 6. The molecule has 0 aromatic carbocycles. The SMILES string of the molecule is CCCc1nc(Cl)c(C)c(NCCC2CC2)n1. The van der Waals surface area contributed by atoms with E-state index in [1.54, 1.807) is 0 Å². The first kappa shape index (κ1) is 12.6. The molecule has 1 heterocycles. The standard InChI is InChI=1S/C13H20ClN3/c1-3-4-11-16-12(14)9(2)13(17-11)15-8-7-10-5-6-10/h10H,3-8H2,1-2H3,(H,15,16,17). The molecule has 3 nitrogen and oxygen atoms in total. The average Bonchev–Trinajstić information content (AvgIpc) is 3.09. The predicted octanol–water partition coefficient (Wildman–Crippen LogP) is 3.60. The lowest BCUT2D eigenvalue weighted by Crippen LogP contribution is -2.09. The Hall–Kier alpha value is -0.830. The number of halogens is 1. The van der Waals surface area contributed by atoms with Gasteiger partial charge < -0.3 is 5.32 Å². The van der Waals surface area contributed by atoms with E-state index in [1.165, 1.54) is 19.3 Å². The van der Waals surface area contributed by atoms with Crippen molar-refractivity contribution in [1.82, 2.24) is 9.97 Å². The van der Waals surface area contributed by atoms with E-state index in [2.05, 4.69) is 22.2 Å². The molecule has 0 radical (unpaired) electrons. The zero-order chi connectivity index (χ0) is 12.3. The molecule has 0 unspecified atom stereocenters. The van der Waals surface area contributed by atoms with Crippen molar-refractivity contribution in [2.24, 2.45) is 5.92 Å². The minimum Gasteiger partial charge on any atom is -0.370 e. The van der Waals surface area contributed by atoms with Crippen LogP contribution in [0.15, 0.2) is 0 Å². The van der Waals surface area contributed by atoms with Crippen LogP contribution in [0, 0.1) is 12.8 Å². The van der Waals surface area contributed by atoms with Crippen LogP contribution in [-0.2, 0) is 6.42 Å². The van der Waals surface area contributed by atoms with Crippen molar-refractivity contribution in [3.63, 3.8) is 0 Å². The van der Waals surface area contributed by atoms with Crippen LogP contribution in [0.3, 0.4) is 0 Å². The highest BCUT2D eigenvalue weighted by Crippen LogP contribution is 2.32. The summed E-state index contributed by atoms with van der Waals surface area (Å²) in [5.41, 5.74) is 0.960. The van der Waals surface area contributed by atoms with Gasteiger partial charge in [0, 0.05) is 18.5 Å². The van der Waals surface area contributed by atoms with Gasteiger partial charge in [0.15, 0.2) is 0 Å². The Morgan fingerprint density at radius 1 is 1.35 bits per heavy atom. The fourth-order valence-electron chi connectivity index (χ4n) is 1.84. The van der Waals surface area contributed by atoms with E-state index in [1.807, 2.05) is 6.92 Å². The van der Waals surface area contributed by atoms with Gasteiger partial charge in [0.05, 0.1) is 0 Å². The van der Waals surface area contributed by atoms with Gasteiger partial charge in [-0.3, -0.25) is 0 Å². The number of hydrogen-bond acceptors (Lipinski definition) is 3. The van der Waals surface area contributed by atoms with E-state index >= 15 is 0 Å². The van der Waals surface area contributed by atoms with Crippen LogP contribution >= 0.6 is 11.6 Å². The molecule has 1 aliphatic rings. The molecule has 1 aromatic heterocycles. The van der Waals surface area contributed by atoms with Crippen LogP contribution < -0.4 is 5.32 Å². The third kappa shape index (κ3) is 3.56. The summed E-state index contributed by atoms with van der Waals surface area (Å²) in [7, 11) is 0. The second-order valence-corrected chi connectivity index (χ2v) is 5.17.